The molecule has 1 aliphatic rings. The number of carbonyl (C=O) groups excluding carboxylic acids is 1. The minimum atomic E-state index is -3.04. The summed E-state index contributed by atoms with van der Waals surface area (Å²) in [6.07, 6.45) is 2.04. The SMILES string of the molecule is Cc1ccc(NC(=O)/C(C#N)=C/c2c(C)nn([C@H]3CCS(=O)(=O)C3)c2C)cc1C. The van der Waals surface area contributed by atoms with Crippen molar-refractivity contribution in [1.82, 2.24) is 9.78 Å². The number of aryl methyl sites for hydroxylation is 3. The van der Waals surface area contributed by atoms with Gasteiger partial charge in [0.1, 0.15) is 11.6 Å². The fourth-order valence-corrected chi connectivity index (χ4v) is 5.21. The normalized spacial score (nSPS) is 18.4. The molecule has 7 nitrogen and oxygen atoms in total. The molecule has 1 aromatic heterocycles. The summed E-state index contributed by atoms with van der Waals surface area (Å²) in [5.41, 5.74) is 4.82. The lowest BCUT2D eigenvalue weighted by molar-refractivity contribution is -0.112. The van der Waals surface area contributed by atoms with Crippen LogP contribution in [0.15, 0.2) is 23.8 Å². The van der Waals surface area contributed by atoms with Gasteiger partial charge < -0.3 is 5.32 Å². The van der Waals surface area contributed by atoms with Crippen molar-refractivity contribution in [2.45, 2.75) is 40.2 Å². The maximum absolute atomic E-state index is 12.6. The van der Waals surface area contributed by atoms with Crippen LogP contribution in [-0.2, 0) is 14.6 Å². The van der Waals surface area contributed by atoms with Crippen LogP contribution in [0, 0.1) is 39.0 Å². The van der Waals surface area contributed by atoms with Gasteiger partial charge in [-0.2, -0.15) is 10.4 Å². The Kier molecular flexibility index (Phi) is 5.62. The number of hydrogen-bond donors (Lipinski definition) is 1. The van der Waals surface area contributed by atoms with Gasteiger partial charge in [-0.1, -0.05) is 6.07 Å². The van der Waals surface area contributed by atoms with E-state index < -0.39 is 15.7 Å². The molecule has 3 rings (SSSR count). The number of benzene rings is 1. The third-order valence-corrected chi connectivity index (χ3v) is 7.10. The van der Waals surface area contributed by atoms with E-state index in [2.05, 4.69) is 10.4 Å². The van der Waals surface area contributed by atoms with Crippen molar-refractivity contribution in [3.63, 3.8) is 0 Å². The summed E-state index contributed by atoms with van der Waals surface area (Å²) in [5.74, 6) is -0.273. The second-order valence-corrected chi connectivity index (χ2v) is 9.74. The molecule has 0 radical (unpaired) electrons. The standard InChI is InChI=1S/C21H24N4O3S/c1-13-5-6-18(9-14(13)2)23-21(26)17(11-22)10-20-15(3)24-25(16(20)4)19-7-8-29(27,28)12-19/h5-6,9-10,19H,7-8,12H2,1-4H3,(H,23,26)/b17-10+/t19-/m0/s1. The number of carbonyl (C=O) groups is 1. The number of sulfone groups is 1. The van der Waals surface area contributed by atoms with Gasteiger partial charge in [-0.15, -0.1) is 0 Å². The number of aromatic nitrogens is 2. The lowest BCUT2D eigenvalue weighted by atomic mass is 10.1. The molecule has 1 aromatic carbocycles. The zero-order chi connectivity index (χ0) is 21.3. The van der Waals surface area contributed by atoms with Crippen molar-refractivity contribution in [3.05, 3.63) is 51.9 Å². The molecule has 1 amide bonds. The van der Waals surface area contributed by atoms with Gasteiger partial charge in [0, 0.05) is 16.9 Å². The average Bonchev–Trinajstić information content (AvgIpc) is 3.15. The molecule has 2 heterocycles. The largest absolute Gasteiger partial charge is 0.321 e. The first-order valence-corrected chi connectivity index (χ1v) is 11.2. The Hall–Kier alpha value is -2.92. The molecule has 1 atom stereocenters. The molecule has 29 heavy (non-hydrogen) atoms. The molecular formula is C21H24N4O3S. The van der Waals surface area contributed by atoms with Gasteiger partial charge in [-0.3, -0.25) is 9.48 Å². The van der Waals surface area contributed by atoms with Gasteiger partial charge in [-0.05, 0) is 63.5 Å². The van der Waals surface area contributed by atoms with Crippen LogP contribution in [0.4, 0.5) is 5.69 Å². The molecule has 0 spiro atoms. The van der Waals surface area contributed by atoms with Crippen molar-refractivity contribution >= 4 is 27.5 Å². The summed E-state index contributed by atoms with van der Waals surface area (Å²) in [6.45, 7) is 7.55. The molecule has 2 aromatic rings. The summed E-state index contributed by atoms with van der Waals surface area (Å²) in [6, 6.07) is 7.31. The predicted molar refractivity (Wildman–Crippen MR) is 112 cm³/mol. The highest BCUT2D eigenvalue weighted by Gasteiger charge is 2.31. The number of anilines is 1. The number of hydrogen-bond acceptors (Lipinski definition) is 5. The van der Waals surface area contributed by atoms with Gasteiger partial charge in [0.2, 0.25) is 0 Å². The van der Waals surface area contributed by atoms with Crippen molar-refractivity contribution in [2.75, 3.05) is 16.8 Å². The molecular weight excluding hydrogens is 388 g/mol. The summed E-state index contributed by atoms with van der Waals surface area (Å²) >= 11 is 0. The van der Waals surface area contributed by atoms with Gasteiger partial charge in [0.25, 0.3) is 5.91 Å². The minimum Gasteiger partial charge on any atom is -0.321 e. The van der Waals surface area contributed by atoms with E-state index >= 15 is 0 Å². The highest BCUT2D eigenvalue weighted by atomic mass is 32.2. The van der Waals surface area contributed by atoms with Crippen molar-refractivity contribution in [2.24, 2.45) is 0 Å². The fourth-order valence-electron chi connectivity index (χ4n) is 3.52. The molecule has 1 fully saturated rings. The third kappa shape index (κ3) is 4.40. The van der Waals surface area contributed by atoms with Crippen LogP contribution in [0.25, 0.3) is 6.08 Å². The van der Waals surface area contributed by atoms with Gasteiger partial charge >= 0.3 is 0 Å². The number of amides is 1. The first kappa shape index (κ1) is 20.8. The molecule has 1 aliphatic heterocycles. The zero-order valence-corrected chi connectivity index (χ0v) is 17.8. The van der Waals surface area contributed by atoms with Crippen molar-refractivity contribution in [3.8, 4) is 6.07 Å². The van der Waals surface area contributed by atoms with Crippen molar-refractivity contribution < 1.29 is 13.2 Å². The number of nitrogens with zero attached hydrogens (tertiary/aromatic N) is 3. The van der Waals surface area contributed by atoms with Crippen LogP contribution in [-0.4, -0.2) is 35.6 Å². The maximum atomic E-state index is 12.6. The van der Waals surface area contributed by atoms with E-state index in [1.165, 1.54) is 6.08 Å². The zero-order valence-electron chi connectivity index (χ0n) is 17.0. The topological polar surface area (TPSA) is 105 Å². The molecule has 8 heteroatoms. The molecule has 0 unspecified atom stereocenters. The minimum absolute atomic E-state index is 0.0342. The van der Waals surface area contributed by atoms with E-state index in [0.29, 0.717) is 23.4 Å². The molecule has 1 saturated heterocycles. The van der Waals surface area contributed by atoms with E-state index in [0.717, 1.165) is 16.8 Å². The molecule has 152 valence electrons. The van der Waals surface area contributed by atoms with E-state index in [4.69, 9.17) is 0 Å². The quantitative estimate of drug-likeness (QED) is 0.614. The second kappa shape index (κ2) is 7.84. The first-order valence-electron chi connectivity index (χ1n) is 9.38. The number of nitriles is 1. The molecule has 1 N–H and O–H groups in total. The highest BCUT2D eigenvalue weighted by molar-refractivity contribution is 7.91. The van der Waals surface area contributed by atoms with E-state index in [1.54, 1.807) is 17.7 Å². The Balaban J connectivity index is 1.88. The smallest absolute Gasteiger partial charge is 0.266 e. The van der Waals surface area contributed by atoms with Gasteiger partial charge in [0.05, 0.1) is 23.2 Å². The van der Waals surface area contributed by atoms with Crippen LogP contribution in [0.3, 0.4) is 0 Å². The second-order valence-electron chi connectivity index (χ2n) is 7.51. The van der Waals surface area contributed by atoms with E-state index in [1.807, 2.05) is 39.0 Å². The van der Waals surface area contributed by atoms with Crippen molar-refractivity contribution in [1.29, 1.82) is 5.26 Å². The summed E-state index contributed by atoms with van der Waals surface area (Å²) in [4.78, 5) is 12.6. The van der Waals surface area contributed by atoms with Crippen LogP contribution in [0.1, 0.15) is 40.5 Å². The molecule has 0 bridgehead atoms. The Morgan fingerprint density at radius 2 is 2.00 bits per heavy atom. The number of rotatable bonds is 4. The lowest BCUT2D eigenvalue weighted by Crippen LogP contribution is -2.14. The van der Waals surface area contributed by atoms with E-state index in [9.17, 15) is 18.5 Å². The third-order valence-electron chi connectivity index (χ3n) is 5.35. The molecule has 0 saturated carbocycles. The average molecular weight is 413 g/mol. The van der Waals surface area contributed by atoms with Gasteiger partial charge in [-0.25, -0.2) is 8.42 Å². The Morgan fingerprint density at radius 1 is 1.28 bits per heavy atom. The first-order chi connectivity index (χ1) is 13.6. The summed E-state index contributed by atoms with van der Waals surface area (Å²) in [7, 11) is -3.04. The van der Waals surface area contributed by atoms with Crippen LogP contribution in [0.5, 0.6) is 0 Å². The highest BCUT2D eigenvalue weighted by Crippen LogP contribution is 2.28. The Bertz CT molecular complexity index is 1150. The monoisotopic (exact) mass is 412 g/mol. The fraction of sp³-hybridized carbons (Fsp3) is 0.381. The number of nitrogens with one attached hydrogen (secondary N) is 1. The van der Waals surface area contributed by atoms with Crippen LogP contribution >= 0.6 is 0 Å². The Morgan fingerprint density at radius 3 is 2.59 bits per heavy atom. The summed E-state index contributed by atoms with van der Waals surface area (Å²) in [5, 5.41) is 16.8. The Labute approximate surface area is 171 Å². The van der Waals surface area contributed by atoms with E-state index in [-0.39, 0.29) is 23.1 Å². The van der Waals surface area contributed by atoms with Gasteiger partial charge in [0.15, 0.2) is 9.84 Å². The maximum Gasteiger partial charge on any atom is 0.266 e. The summed E-state index contributed by atoms with van der Waals surface area (Å²) < 4.78 is 25.3. The van der Waals surface area contributed by atoms with Crippen LogP contribution < -0.4 is 5.32 Å². The lowest BCUT2D eigenvalue weighted by Gasteiger charge is -2.11. The molecule has 0 aliphatic carbocycles. The predicted octanol–water partition coefficient (Wildman–Crippen LogP) is 3.02. The van der Waals surface area contributed by atoms with Crippen LogP contribution in [0.2, 0.25) is 0 Å².